The van der Waals surface area contributed by atoms with Crippen molar-refractivity contribution in [2.24, 2.45) is 0 Å². The van der Waals surface area contributed by atoms with Gasteiger partial charge in [-0.1, -0.05) is 102 Å². The molecule has 0 aliphatic heterocycles. The molecule has 0 aromatic carbocycles. The maximum Gasteiger partial charge on any atom is 0.0938 e. The highest BCUT2D eigenvalue weighted by atomic mass is 35.5. The molecule has 8 aromatic heterocycles. The smallest absolute Gasteiger partial charge is 0.0938 e. The maximum atomic E-state index is 6.64. The molecule has 10 heteroatoms. The van der Waals surface area contributed by atoms with Gasteiger partial charge >= 0.3 is 0 Å². The Hall–Kier alpha value is -1.82. The van der Waals surface area contributed by atoms with Crippen molar-refractivity contribution in [1.82, 2.24) is 0 Å². The van der Waals surface area contributed by atoms with E-state index in [-0.39, 0.29) is 0 Å². The summed E-state index contributed by atoms with van der Waals surface area (Å²) in [6.45, 7) is 9.03. The molecule has 0 bridgehead atoms. The molecule has 0 spiro atoms. The lowest BCUT2D eigenvalue weighted by molar-refractivity contribution is 0.556. The highest BCUT2D eigenvalue weighted by Crippen LogP contribution is 2.50. The molecule has 0 saturated heterocycles. The summed E-state index contributed by atoms with van der Waals surface area (Å²) < 4.78 is 1.76. The van der Waals surface area contributed by atoms with E-state index in [0.717, 1.165) is 27.9 Å². The Labute approximate surface area is 393 Å². The number of unbranched alkanes of at least 4 members (excludes halogenated alkanes) is 9. The van der Waals surface area contributed by atoms with Gasteiger partial charge in [-0.2, -0.15) is 0 Å². The molecule has 0 radical (unpaired) electrons. The van der Waals surface area contributed by atoms with E-state index in [4.69, 9.17) is 23.2 Å². The first-order valence-electron chi connectivity index (χ1n) is 21.0. The van der Waals surface area contributed by atoms with Crippen LogP contribution in [0.1, 0.15) is 107 Å². The Morgan fingerprint density at radius 3 is 1.15 bits per heavy atom. The Balaban J connectivity index is 0.942. The van der Waals surface area contributed by atoms with E-state index in [1.807, 2.05) is 68.0 Å². The zero-order valence-corrected chi connectivity index (χ0v) is 42.2. The van der Waals surface area contributed by atoms with E-state index >= 15 is 0 Å². The lowest BCUT2D eigenvalue weighted by Gasteiger charge is -2.04. The van der Waals surface area contributed by atoms with Crippen molar-refractivity contribution in [3.63, 3.8) is 0 Å². The summed E-state index contributed by atoms with van der Waals surface area (Å²) >= 11 is 28.0. The van der Waals surface area contributed by atoms with Gasteiger partial charge in [0.15, 0.2) is 0 Å². The average Bonchev–Trinajstić information content (AvgIpc) is 4.08. The van der Waals surface area contributed by atoms with Gasteiger partial charge in [0.25, 0.3) is 0 Å². The van der Waals surface area contributed by atoms with Crippen molar-refractivity contribution in [1.29, 1.82) is 0 Å². The second-order valence-corrected chi connectivity index (χ2v) is 25.0. The largest absolute Gasteiger partial charge is 0.134 e. The van der Waals surface area contributed by atoms with Gasteiger partial charge in [0, 0.05) is 68.3 Å². The molecular formula is C49H50Cl2S8. The predicted molar refractivity (Wildman–Crippen MR) is 277 cm³/mol. The normalized spacial score (nSPS) is 11.8. The van der Waals surface area contributed by atoms with Gasteiger partial charge < -0.3 is 0 Å². The summed E-state index contributed by atoms with van der Waals surface area (Å²) in [5, 5.41) is 0. The van der Waals surface area contributed by atoms with Crippen molar-refractivity contribution in [2.45, 2.75) is 111 Å². The fourth-order valence-corrected chi connectivity index (χ4v) is 17.7. The van der Waals surface area contributed by atoms with E-state index in [9.17, 15) is 0 Å². The van der Waals surface area contributed by atoms with E-state index in [1.165, 1.54) is 155 Å². The van der Waals surface area contributed by atoms with Crippen molar-refractivity contribution < 1.29 is 0 Å². The molecule has 8 rings (SSSR count). The number of halogens is 2. The minimum atomic E-state index is 0.853. The number of rotatable bonds is 20. The standard InChI is InChI=1S/C49H50Cl2S8/c1-5-8-9-10-11-12-13-14-15-16-17-33-29-45(51)59-49(33)41-25-21-37(55-41)36-20-24-40(54-36)48-32(7-3)28-43(57-48)42-27-31(6-2)47(56-42)39-23-19-35(53-39)34-18-22-38(52-34)46-30(4)26-44(50)58-46/h18-29H,5-17H2,1-4H3. The summed E-state index contributed by atoms with van der Waals surface area (Å²) in [6.07, 6.45) is 16.8. The quantitative estimate of drug-likeness (QED) is 0.0668. The molecule has 0 N–H and O–H groups in total. The van der Waals surface area contributed by atoms with Gasteiger partial charge in [-0.05, 0) is 128 Å². The Kier molecular flexibility index (Phi) is 15.3. The molecule has 0 amide bonds. The number of hydrogen-bond donors (Lipinski definition) is 0. The monoisotopic (exact) mass is 964 g/mol. The van der Waals surface area contributed by atoms with E-state index in [2.05, 4.69) is 100 Å². The van der Waals surface area contributed by atoms with Gasteiger partial charge in [0.2, 0.25) is 0 Å². The molecule has 0 unspecified atom stereocenters. The molecule has 0 saturated carbocycles. The highest BCUT2D eigenvalue weighted by Gasteiger charge is 2.20. The van der Waals surface area contributed by atoms with Crippen LogP contribution in [-0.4, -0.2) is 0 Å². The number of thiophene rings is 8. The summed E-state index contributed by atoms with van der Waals surface area (Å²) in [5.41, 5.74) is 5.56. The minimum absolute atomic E-state index is 0.853. The Morgan fingerprint density at radius 1 is 0.356 bits per heavy atom. The molecule has 0 nitrogen and oxygen atoms in total. The van der Waals surface area contributed by atoms with Crippen LogP contribution >= 0.6 is 114 Å². The third kappa shape index (κ3) is 10.4. The fourth-order valence-electron chi connectivity index (χ4n) is 7.69. The van der Waals surface area contributed by atoms with Crippen molar-refractivity contribution in [2.75, 3.05) is 0 Å². The van der Waals surface area contributed by atoms with E-state index < -0.39 is 0 Å². The number of hydrogen-bond acceptors (Lipinski definition) is 8. The minimum Gasteiger partial charge on any atom is -0.134 e. The molecule has 59 heavy (non-hydrogen) atoms. The van der Waals surface area contributed by atoms with Crippen molar-refractivity contribution >= 4 is 114 Å². The molecule has 0 aliphatic rings. The lowest BCUT2D eigenvalue weighted by Crippen LogP contribution is -1.86. The molecule has 0 atom stereocenters. The molecular weight excluding hydrogens is 916 g/mol. The zero-order valence-electron chi connectivity index (χ0n) is 34.1. The molecule has 8 heterocycles. The fraction of sp³-hybridized carbons (Fsp3) is 0.347. The Bertz CT molecular complexity index is 2590. The molecule has 308 valence electrons. The van der Waals surface area contributed by atoms with E-state index in [1.54, 1.807) is 22.7 Å². The summed E-state index contributed by atoms with van der Waals surface area (Å²) in [4.78, 5) is 18.9. The van der Waals surface area contributed by atoms with Crippen molar-refractivity contribution in [3.05, 3.63) is 104 Å². The third-order valence-electron chi connectivity index (χ3n) is 10.9. The second-order valence-electron chi connectivity index (χ2n) is 15.2. The van der Waals surface area contributed by atoms with Gasteiger partial charge in [-0.3, -0.25) is 0 Å². The van der Waals surface area contributed by atoms with Crippen LogP contribution in [0.5, 0.6) is 0 Å². The van der Waals surface area contributed by atoms with Crippen LogP contribution in [0, 0.1) is 6.92 Å². The SMILES string of the molecule is CCCCCCCCCCCCc1cc(Cl)sc1-c1ccc(-c2ccc(-c3sc(-c4cc(CC)c(-c5ccc(-c6ccc(-c7sc(Cl)cc7C)s6)s5)s4)cc3CC)s2)s1. The topological polar surface area (TPSA) is 0 Å². The van der Waals surface area contributed by atoms with Crippen LogP contribution < -0.4 is 0 Å². The number of aryl methyl sites for hydroxylation is 4. The summed E-state index contributed by atoms with van der Waals surface area (Å²) in [5.74, 6) is 0. The molecule has 0 fully saturated rings. The molecule has 0 aliphatic carbocycles. The predicted octanol–water partition coefficient (Wildman–Crippen LogP) is 21.1. The zero-order chi connectivity index (χ0) is 40.9. The van der Waals surface area contributed by atoms with Crippen LogP contribution in [-0.2, 0) is 19.3 Å². The Morgan fingerprint density at radius 2 is 0.729 bits per heavy atom. The maximum absolute atomic E-state index is 6.64. The summed E-state index contributed by atoms with van der Waals surface area (Å²) in [7, 11) is 0. The third-order valence-corrected chi connectivity index (χ3v) is 21.6. The van der Waals surface area contributed by atoms with Crippen LogP contribution in [0.3, 0.4) is 0 Å². The summed E-state index contributed by atoms with van der Waals surface area (Å²) in [6, 6.07) is 27.7. The first kappa shape index (κ1) is 43.8. The van der Waals surface area contributed by atoms with Gasteiger partial charge in [-0.25, -0.2) is 0 Å². The first-order chi connectivity index (χ1) is 28.8. The molecule has 8 aromatic rings. The van der Waals surface area contributed by atoms with Crippen molar-refractivity contribution in [3.8, 4) is 68.3 Å². The average molecular weight is 966 g/mol. The van der Waals surface area contributed by atoms with Crippen LogP contribution in [0.15, 0.2) is 72.8 Å². The highest BCUT2D eigenvalue weighted by molar-refractivity contribution is 7.32. The van der Waals surface area contributed by atoms with E-state index in [0.29, 0.717) is 0 Å². The van der Waals surface area contributed by atoms with Crippen LogP contribution in [0.2, 0.25) is 8.67 Å². The van der Waals surface area contributed by atoms with Crippen LogP contribution in [0.4, 0.5) is 0 Å². The van der Waals surface area contributed by atoms with Crippen LogP contribution in [0.25, 0.3) is 68.3 Å². The van der Waals surface area contributed by atoms with Gasteiger partial charge in [-0.15, -0.1) is 90.7 Å². The first-order valence-corrected chi connectivity index (χ1v) is 28.3. The lowest BCUT2D eigenvalue weighted by atomic mass is 10.0. The van der Waals surface area contributed by atoms with Gasteiger partial charge in [0.1, 0.15) is 0 Å². The van der Waals surface area contributed by atoms with Gasteiger partial charge in [0.05, 0.1) is 8.67 Å². The second kappa shape index (κ2) is 20.6.